The maximum Gasteiger partial charge on any atom is 0.165 e. The van der Waals surface area contributed by atoms with Crippen molar-refractivity contribution in [3.05, 3.63) is 53.7 Å². The van der Waals surface area contributed by atoms with E-state index in [1.54, 1.807) is 24.3 Å². The Morgan fingerprint density at radius 3 is 2.67 bits per heavy atom. The molecule has 1 N–H and O–H groups in total. The smallest absolute Gasteiger partial charge is 0.165 e. The monoisotopic (exact) mass is 250 g/mol. The fourth-order valence-electron chi connectivity index (χ4n) is 1.65. The van der Waals surface area contributed by atoms with Crippen LogP contribution in [0, 0.1) is 12.7 Å². The molecule has 0 aliphatic carbocycles. The van der Waals surface area contributed by atoms with Crippen molar-refractivity contribution in [2.24, 2.45) is 0 Å². The molecule has 18 heavy (non-hydrogen) atoms. The van der Waals surface area contributed by atoms with E-state index in [0.29, 0.717) is 5.76 Å². The molecule has 0 spiro atoms. The number of aryl methyl sites for hydroxylation is 1. The van der Waals surface area contributed by atoms with Gasteiger partial charge in [0.25, 0.3) is 0 Å². The van der Waals surface area contributed by atoms with Crippen LogP contribution in [0.3, 0.4) is 0 Å². The zero-order valence-corrected chi connectivity index (χ0v) is 10.1. The summed E-state index contributed by atoms with van der Waals surface area (Å²) in [6.07, 6.45) is 0. The fraction of sp³-hybridized carbons (Fsp3) is 0.286. The van der Waals surface area contributed by atoms with Crippen LogP contribution in [0.2, 0.25) is 0 Å². The lowest BCUT2D eigenvalue weighted by molar-refractivity contribution is 0.185. The highest BCUT2D eigenvalue weighted by Gasteiger charge is 2.16. The Labute approximate surface area is 105 Å². The van der Waals surface area contributed by atoms with Gasteiger partial charge in [-0.05, 0) is 31.2 Å². The number of aliphatic hydroxyl groups is 1. The molecular formula is C14H15FO3. The summed E-state index contributed by atoms with van der Waals surface area (Å²) in [5.41, 5.74) is 0. The van der Waals surface area contributed by atoms with Crippen molar-refractivity contribution in [1.29, 1.82) is 0 Å². The average molecular weight is 250 g/mol. The van der Waals surface area contributed by atoms with Crippen LogP contribution in [-0.2, 0) is 0 Å². The molecule has 1 aromatic heterocycles. The zero-order valence-electron chi connectivity index (χ0n) is 10.1. The third kappa shape index (κ3) is 2.90. The van der Waals surface area contributed by atoms with Crippen molar-refractivity contribution < 1.29 is 18.7 Å². The van der Waals surface area contributed by atoms with E-state index in [9.17, 15) is 9.50 Å². The Hall–Kier alpha value is -1.81. The van der Waals surface area contributed by atoms with Crippen molar-refractivity contribution >= 4 is 0 Å². The van der Waals surface area contributed by atoms with Crippen LogP contribution in [0.25, 0.3) is 0 Å². The van der Waals surface area contributed by atoms with Crippen molar-refractivity contribution in [3.63, 3.8) is 0 Å². The van der Waals surface area contributed by atoms with Gasteiger partial charge in [0.1, 0.15) is 18.1 Å². The predicted molar refractivity (Wildman–Crippen MR) is 65.2 cm³/mol. The molecule has 3 nitrogen and oxygen atoms in total. The van der Waals surface area contributed by atoms with Gasteiger partial charge in [-0.1, -0.05) is 12.1 Å². The van der Waals surface area contributed by atoms with Gasteiger partial charge in [0, 0.05) is 0 Å². The lowest BCUT2D eigenvalue weighted by Crippen LogP contribution is -2.14. The molecule has 0 radical (unpaired) electrons. The summed E-state index contributed by atoms with van der Waals surface area (Å²) in [5, 5.41) is 9.30. The molecule has 2 aromatic rings. The van der Waals surface area contributed by atoms with Crippen molar-refractivity contribution in [3.8, 4) is 5.75 Å². The summed E-state index contributed by atoms with van der Waals surface area (Å²) in [5.74, 6) is 0.892. The van der Waals surface area contributed by atoms with Gasteiger partial charge < -0.3 is 14.3 Å². The van der Waals surface area contributed by atoms with Crippen molar-refractivity contribution in [2.45, 2.75) is 12.8 Å². The van der Waals surface area contributed by atoms with E-state index in [0.717, 1.165) is 5.76 Å². The third-order valence-electron chi connectivity index (χ3n) is 2.66. The summed E-state index contributed by atoms with van der Waals surface area (Å²) in [6.45, 7) is 1.89. The minimum Gasteiger partial charge on any atom is -0.490 e. The molecule has 0 saturated heterocycles. The number of furan rings is 1. The number of ether oxygens (including phenoxy) is 1. The molecule has 1 atom stereocenters. The Morgan fingerprint density at radius 2 is 2.06 bits per heavy atom. The number of rotatable bonds is 5. The van der Waals surface area contributed by atoms with E-state index in [-0.39, 0.29) is 24.9 Å². The molecule has 0 fully saturated rings. The van der Waals surface area contributed by atoms with Crippen LogP contribution in [0.1, 0.15) is 17.4 Å². The molecule has 1 heterocycles. The van der Waals surface area contributed by atoms with Crippen molar-refractivity contribution in [1.82, 2.24) is 0 Å². The van der Waals surface area contributed by atoms with Crippen LogP contribution in [0.5, 0.6) is 5.75 Å². The second kappa shape index (κ2) is 5.69. The molecule has 1 aromatic carbocycles. The van der Waals surface area contributed by atoms with Gasteiger partial charge in [0.2, 0.25) is 0 Å². The van der Waals surface area contributed by atoms with Gasteiger partial charge in [-0.3, -0.25) is 0 Å². The lowest BCUT2D eigenvalue weighted by atomic mass is 10.1. The highest BCUT2D eigenvalue weighted by atomic mass is 19.1. The number of para-hydroxylation sites is 1. The van der Waals surface area contributed by atoms with E-state index >= 15 is 0 Å². The third-order valence-corrected chi connectivity index (χ3v) is 2.66. The standard InChI is InChI=1S/C14H15FO3/c1-10-6-7-13(18-10)11(8-16)9-17-14-5-3-2-4-12(14)15/h2-7,11,16H,8-9H2,1H3. The van der Waals surface area contributed by atoms with Gasteiger partial charge >= 0.3 is 0 Å². The summed E-state index contributed by atoms with van der Waals surface area (Å²) < 4.78 is 24.1. The normalized spacial score (nSPS) is 12.4. The highest BCUT2D eigenvalue weighted by Crippen LogP contribution is 2.21. The van der Waals surface area contributed by atoms with E-state index in [4.69, 9.17) is 9.15 Å². The molecule has 0 aliphatic rings. The van der Waals surface area contributed by atoms with Gasteiger partial charge in [-0.2, -0.15) is 0 Å². The number of hydrogen-bond acceptors (Lipinski definition) is 3. The minimum atomic E-state index is -0.412. The van der Waals surface area contributed by atoms with Crippen LogP contribution in [0.4, 0.5) is 4.39 Å². The first-order valence-electron chi connectivity index (χ1n) is 5.75. The number of benzene rings is 1. The summed E-state index contributed by atoms with van der Waals surface area (Å²) >= 11 is 0. The Kier molecular flexibility index (Phi) is 3.99. The molecule has 96 valence electrons. The summed E-state index contributed by atoms with van der Waals surface area (Å²) in [6, 6.07) is 9.80. The maximum absolute atomic E-state index is 13.3. The minimum absolute atomic E-state index is 0.110. The Morgan fingerprint density at radius 1 is 1.28 bits per heavy atom. The molecule has 0 amide bonds. The number of halogens is 1. The van der Waals surface area contributed by atoms with Crippen LogP contribution in [0.15, 0.2) is 40.8 Å². The van der Waals surface area contributed by atoms with E-state index in [2.05, 4.69) is 0 Å². The first-order valence-corrected chi connectivity index (χ1v) is 5.75. The number of aliphatic hydroxyl groups excluding tert-OH is 1. The Balaban J connectivity index is 2.02. The summed E-state index contributed by atoms with van der Waals surface area (Å²) in [7, 11) is 0. The second-order valence-electron chi connectivity index (χ2n) is 4.07. The van der Waals surface area contributed by atoms with Gasteiger partial charge in [-0.15, -0.1) is 0 Å². The largest absolute Gasteiger partial charge is 0.490 e. The first-order chi connectivity index (χ1) is 8.70. The molecule has 4 heteroatoms. The highest BCUT2D eigenvalue weighted by molar-refractivity contribution is 5.24. The molecular weight excluding hydrogens is 235 g/mol. The molecule has 0 bridgehead atoms. The average Bonchev–Trinajstić information content (AvgIpc) is 2.79. The van der Waals surface area contributed by atoms with E-state index < -0.39 is 5.82 Å². The SMILES string of the molecule is Cc1ccc(C(CO)COc2ccccc2F)o1. The first kappa shape index (κ1) is 12.6. The van der Waals surface area contributed by atoms with Gasteiger partial charge in [0.15, 0.2) is 11.6 Å². The van der Waals surface area contributed by atoms with E-state index in [1.807, 2.05) is 13.0 Å². The van der Waals surface area contributed by atoms with Crippen LogP contribution >= 0.6 is 0 Å². The topological polar surface area (TPSA) is 42.6 Å². The summed E-state index contributed by atoms with van der Waals surface area (Å²) in [4.78, 5) is 0. The van der Waals surface area contributed by atoms with Crippen molar-refractivity contribution in [2.75, 3.05) is 13.2 Å². The second-order valence-corrected chi connectivity index (χ2v) is 4.07. The lowest BCUT2D eigenvalue weighted by Gasteiger charge is -2.13. The number of hydrogen-bond donors (Lipinski definition) is 1. The van der Waals surface area contributed by atoms with Crippen LogP contribution < -0.4 is 4.74 Å². The molecule has 0 saturated carbocycles. The molecule has 2 rings (SSSR count). The quantitative estimate of drug-likeness (QED) is 0.887. The Bertz CT molecular complexity index is 507. The van der Waals surface area contributed by atoms with E-state index in [1.165, 1.54) is 6.07 Å². The fourth-order valence-corrected chi connectivity index (χ4v) is 1.65. The molecule has 0 aliphatic heterocycles. The zero-order chi connectivity index (χ0) is 13.0. The van der Waals surface area contributed by atoms with Crippen LogP contribution in [-0.4, -0.2) is 18.3 Å². The maximum atomic E-state index is 13.3. The van der Waals surface area contributed by atoms with Gasteiger partial charge in [0.05, 0.1) is 12.5 Å². The molecule has 1 unspecified atom stereocenters. The van der Waals surface area contributed by atoms with Gasteiger partial charge in [-0.25, -0.2) is 4.39 Å². The predicted octanol–water partition coefficient (Wildman–Crippen LogP) is 2.88.